The third-order valence-electron chi connectivity index (χ3n) is 10.8. The Bertz CT molecular complexity index is 3180. The van der Waals surface area contributed by atoms with Crippen LogP contribution in [0.5, 0.6) is 0 Å². The molecule has 5 heterocycles. The minimum absolute atomic E-state index is 0.923. The maximum absolute atomic E-state index is 4.98. The van der Waals surface area contributed by atoms with Crippen LogP contribution in [0, 0.1) is 0 Å². The van der Waals surface area contributed by atoms with E-state index in [0.717, 1.165) is 72.5 Å². The summed E-state index contributed by atoms with van der Waals surface area (Å²) in [6.45, 7) is 0. The lowest BCUT2D eigenvalue weighted by Gasteiger charge is -2.13. The Kier molecular flexibility index (Phi) is 7.42. The Morgan fingerprint density at radius 1 is 0.321 bits per heavy atom. The second kappa shape index (κ2) is 13.0. The molecule has 0 aliphatic carbocycles. The number of para-hydroxylation sites is 3. The van der Waals surface area contributed by atoms with Crippen LogP contribution in [0.2, 0.25) is 0 Å². The molecule has 0 aliphatic rings. The number of aromatic nitrogens is 5. The highest BCUT2D eigenvalue weighted by Gasteiger charge is 2.19. The molecule has 5 nitrogen and oxygen atoms in total. The molecule has 0 spiro atoms. The molecule has 0 amide bonds. The summed E-state index contributed by atoms with van der Waals surface area (Å²) in [5.74, 6) is 0. The highest BCUT2D eigenvalue weighted by Crippen LogP contribution is 2.41. The minimum Gasteiger partial charge on any atom is -0.309 e. The highest BCUT2D eigenvalue weighted by atomic mass is 15.0. The van der Waals surface area contributed by atoms with Crippen LogP contribution in [-0.4, -0.2) is 24.1 Å². The number of nitrogens with zero attached hydrogens (tertiary/aromatic N) is 5. The van der Waals surface area contributed by atoms with E-state index in [4.69, 9.17) is 4.98 Å². The number of pyridine rings is 3. The van der Waals surface area contributed by atoms with E-state index in [0.29, 0.717) is 0 Å². The first-order valence-electron chi connectivity index (χ1n) is 18.8. The van der Waals surface area contributed by atoms with Crippen molar-refractivity contribution in [3.63, 3.8) is 0 Å². The van der Waals surface area contributed by atoms with Crippen molar-refractivity contribution in [1.82, 2.24) is 24.1 Å². The molecule has 262 valence electrons. The van der Waals surface area contributed by atoms with Crippen molar-refractivity contribution in [2.24, 2.45) is 0 Å². The van der Waals surface area contributed by atoms with Gasteiger partial charge in [-0.1, -0.05) is 84.9 Å². The van der Waals surface area contributed by atoms with E-state index in [1.165, 1.54) is 27.4 Å². The van der Waals surface area contributed by atoms with Crippen molar-refractivity contribution in [2.75, 3.05) is 0 Å². The molecule has 0 N–H and O–H groups in total. The molecule has 5 heteroatoms. The fourth-order valence-electron chi connectivity index (χ4n) is 8.36. The van der Waals surface area contributed by atoms with E-state index in [2.05, 4.69) is 171 Å². The summed E-state index contributed by atoms with van der Waals surface area (Å²) in [5.41, 5.74) is 16.2. The van der Waals surface area contributed by atoms with E-state index < -0.39 is 0 Å². The topological polar surface area (TPSA) is 48.5 Å². The van der Waals surface area contributed by atoms with Crippen LogP contribution in [-0.2, 0) is 0 Å². The van der Waals surface area contributed by atoms with E-state index in [9.17, 15) is 0 Å². The van der Waals surface area contributed by atoms with E-state index in [-0.39, 0.29) is 0 Å². The van der Waals surface area contributed by atoms with Crippen molar-refractivity contribution in [2.45, 2.75) is 0 Å². The Morgan fingerprint density at radius 2 is 0.964 bits per heavy atom. The largest absolute Gasteiger partial charge is 0.309 e. The molecule has 0 radical (unpaired) electrons. The lowest BCUT2D eigenvalue weighted by atomic mass is 9.96. The first kappa shape index (κ1) is 31.9. The van der Waals surface area contributed by atoms with Crippen molar-refractivity contribution < 1.29 is 0 Å². The van der Waals surface area contributed by atoms with Crippen LogP contribution >= 0.6 is 0 Å². The van der Waals surface area contributed by atoms with Gasteiger partial charge >= 0.3 is 0 Å². The third kappa shape index (κ3) is 5.21. The van der Waals surface area contributed by atoms with Gasteiger partial charge in [0, 0.05) is 62.8 Å². The maximum atomic E-state index is 4.98. The molecule has 56 heavy (non-hydrogen) atoms. The van der Waals surface area contributed by atoms with Crippen molar-refractivity contribution in [3.8, 4) is 56.1 Å². The lowest BCUT2D eigenvalue weighted by Crippen LogP contribution is -1.96. The molecule has 6 aromatic carbocycles. The first-order chi connectivity index (χ1) is 27.8. The van der Waals surface area contributed by atoms with E-state index in [1.54, 1.807) is 0 Å². The summed E-state index contributed by atoms with van der Waals surface area (Å²) in [6, 6.07) is 64.5. The standard InChI is InChI=1S/C51H33N5/c1-2-14-39(15-3-1)56-47-22-5-4-17-42(47)43-19-11-18-41(51(43)56)35-24-25-48-44(33-35)50-49(23-12-28-54-50)55(48)40-16-10-13-34(32-40)36-29-37(45-20-6-8-26-52-45)31-38(30-36)46-21-7-9-27-53-46/h1-33H. The SMILES string of the molecule is c1ccc(-n2c3ccccc3c3cccc(-c4ccc5c(c4)c4ncccc4n5-c4cccc(-c5cc(-c6ccccn6)cc(-c6ccccn6)c5)c4)c32)cc1. The molecular formula is C51H33N5. The molecule has 0 atom stereocenters. The van der Waals surface area contributed by atoms with Gasteiger partial charge in [0.05, 0.1) is 39.0 Å². The summed E-state index contributed by atoms with van der Waals surface area (Å²) < 4.78 is 4.74. The Hall–Kier alpha value is -7.63. The second-order valence-corrected chi connectivity index (χ2v) is 14.1. The van der Waals surface area contributed by atoms with Gasteiger partial charge in [0.2, 0.25) is 0 Å². The minimum atomic E-state index is 0.923. The summed E-state index contributed by atoms with van der Waals surface area (Å²) in [5, 5.41) is 3.58. The zero-order valence-electron chi connectivity index (χ0n) is 30.3. The van der Waals surface area contributed by atoms with Gasteiger partial charge in [-0.25, -0.2) is 0 Å². The highest BCUT2D eigenvalue weighted by molar-refractivity contribution is 6.15. The smallest absolute Gasteiger partial charge is 0.0963 e. The lowest BCUT2D eigenvalue weighted by molar-refractivity contribution is 1.17. The molecule has 5 aromatic heterocycles. The molecule has 0 aliphatic heterocycles. The normalized spacial score (nSPS) is 11.6. The number of hydrogen-bond acceptors (Lipinski definition) is 3. The van der Waals surface area contributed by atoms with Crippen LogP contribution in [0.1, 0.15) is 0 Å². The summed E-state index contributed by atoms with van der Waals surface area (Å²) >= 11 is 0. The zero-order valence-corrected chi connectivity index (χ0v) is 30.3. The number of rotatable bonds is 6. The maximum Gasteiger partial charge on any atom is 0.0963 e. The predicted octanol–water partition coefficient (Wildman–Crippen LogP) is 12.7. The molecule has 11 rings (SSSR count). The van der Waals surface area contributed by atoms with Gasteiger partial charge in [-0.2, -0.15) is 0 Å². The predicted molar refractivity (Wildman–Crippen MR) is 230 cm³/mol. The van der Waals surface area contributed by atoms with Crippen LogP contribution < -0.4 is 0 Å². The van der Waals surface area contributed by atoms with E-state index in [1.807, 2.05) is 48.9 Å². The fourth-order valence-corrected chi connectivity index (χ4v) is 8.36. The van der Waals surface area contributed by atoms with Gasteiger partial charge in [-0.3, -0.25) is 15.0 Å². The van der Waals surface area contributed by atoms with Crippen LogP contribution in [0.4, 0.5) is 0 Å². The molecule has 0 saturated heterocycles. The fraction of sp³-hybridized carbons (Fsp3) is 0. The van der Waals surface area contributed by atoms with E-state index >= 15 is 0 Å². The third-order valence-corrected chi connectivity index (χ3v) is 10.8. The molecule has 0 saturated carbocycles. The van der Waals surface area contributed by atoms with Crippen LogP contribution in [0.15, 0.2) is 201 Å². The monoisotopic (exact) mass is 715 g/mol. The van der Waals surface area contributed by atoms with Crippen LogP contribution in [0.3, 0.4) is 0 Å². The van der Waals surface area contributed by atoms with Crippen LogP contribution in [0.25, 0.3) is 99.9 Å². The van der Waals surface area contributed by atoms with Gasteiger partial charge in [0.25, 0.3) is 0 Å². The van der Waals surface area contributed by atoms with Gasteiger partial charge in [0.1, 0.15) is 0 Å². The number of hydrogen-bond donors (Lipinski definition) is 0. The Labute approximate surface area is 323 Å². The quantitative estimate of drug-likeness (QED) is 0.172. The Balaban J connectivity index is 1.09. The number of benzene rings is 6. The first-order valence-corrected chi connectivity index (χ1v) is 18.8. The number of fused-ring (bicyclic) bond motifs is 6. The average Bonchev–Trinajstić information content (AvgIpc) is 3.80. The van der Waals surface area contributed by atoms with Crippen molar-refractivity contribution in [1.29, 1.82) is 0 Å². The summed E-state index contributed by atoms with van der Waals surface area (Å²) in [4.78, 5) is 14.4. The van der Waals surface area contributed by atoms with Gasteiger partial charge in [-0.05, 0) is 114 Å². The van der Waals surface area contributed by atoms with Gasteiger partial charge in [-0.15, -0.1) is 0 Å². The molecular weight excluding hydrogens is 683 g/mol. The summed E-state index contributed by atoms with van der Waals surface area (Å²) in [6.07, 6.45) is 5.58. The van der Waals surface area contributed by atoms with Crippen molar-refractivity contribution in [3.05, 3.63) is 201 Å². The zero-order chi connectivity index (χ0) is 37.0. The summed E-state index contributed by atoms with van der Waals surface area (Å²) in [7, 11) is 0. The molecule has 0 bridgehead atoms. The Morgan fingerprint density at radius 3 is 1.75 bits per heavy atom. The van der Waals surface area contributed by atoms with Gasteiger partial charge < -0.3 is 9.13 Å². The average molecular weight is 716 g/mol. The molecule has 0 fully saturated rings. The van der Waals surface area contributed by atoms with Gasteiger partial charge in [0.15, 0.2) is 0 Å². The van der Waals surface area contributed by atoms with Crippen molar-refractivity contribution >= 4 is 43.7 Å². The molecule has 0 unspecified atom stereocenters. The molecule has 11 aromatic rings. The second-order valence-electron chi connectivity index (χ2n) is 14.1.